The standard InChI is InChI=1S/C13H14F3NO2/c14-13(15,16)4-1-5-17-7-10-3-2-9(12(18)19)6-11(10)8-17/h2-3,6H,1,4-5,7-8H2,(H,18,19). The lowest BCUT2D eigenvalue weighted by atomic mass is 10.1. The Balaban J connectivity index is 1.91. The van der Waals surface area contributed by atoms with Gasteiger partial charge in [-0.2, -0.15) is 13.2 Å². The van der Waals surface area contributed by atoms with E-state index in [0.717, 1.165) is 11.1 Å². The predicted molar refractivity (Wildman–Crippen MR) is 62.8 cm³/mol. The van der Waals surface area contributed by atoms with E-state index < -0.39 is 18.6 Å². The molecule has 6 heteroatoms. The molecule has 1 heterocycles. The highest BCUT2D eigenvalue weighted by molar-refractivity contribution is 5.87. The first-order chi connectivity index (χ1) is 8.85. The van der Waals surface area contributed by atoms with Crippen LogP contribution in [0.5, 0.6) is 0 Å². The smallest absolute Gasteiger partial charge is 0.389 e. The van der Waals surface area contributed by atoms with Gasteiger partial charge in [-0.05, 0) is 36.2 Å². The predicted octanol–water partition coefficient (Wildman–Crippen LogP) is 3.04. The molecule has 0 fully saturated rings. The summed E-state index contributed by atoms with van der Waals surface area (Å²) in [6, 6.07) is 4.87. The Morgan fingerprint density at radius 1 is 1.26 bits per heavy atom. The lowest BCUT2D eigenvalue weighted by Crippen LogP contribution is -2.19. The molecular weight excluding hydrogens is 259 g/mol. The second kappa shape index (κ2) is 5.21. The SMILES string of the molecule is O=C(O)c1ccc2c(c1)CN(CCCC(F)(F)F)C2. The molecule has 1 aliphatic heterocycles. The van der Waals surface area contributed by atoms with Crippen LogP contribution >= 0.6 is 0 Å². The summed E-state index contributed by atoms with van der Waals surface area (Å²) >= 11 is 0. The fraction of sp³-hybridized carbons (Fsp3) is 0.462. The maximum Gasteiger partial charge on any atom is 0.389 e. The number of carboxylic acid groups (broad SMARTS) is 1. The van der Waals surface area contributed by atoms with Gasteiger partial charge in [0.15, 0.2) is 0 Å². The van der Waals surface area contributed by atoms with Crippen molar-refractivity contribution >= 4 is 5.97 Å². The molecule has 0 saturated heterocycles. The lowest BCUT2D eigenvalue weighted by Gasteiger charge is -2.15. The van der Waals surface area contributed by atoms with Crippen LogP contribution in [0.3, 0.4) is 0 Å². The molecule has 0 aromatic heterocycles. The molecule has 104 valence electrons. The van der Waals surface area contributed by atoms with Crippen molar-refractivity contribution in [3.8, 4) is 0 Å². The van der Waals surface area contributed by atoms with Crippen LogP contribution in [-0.4, -0.2) is 28.7 Å². The van der Waals surface area contributed by atoms with Crippen molar-refractivity contribution in [2.45, 2.75) is 32.1 Å². The molecule has 1 N–H and O–H groups in total. The number of carbonyl (C=O) groups is 1. The highest BCUT2D eigenvalue weighted by atomic mass is 19.4. The number of alkyl halides is 3. The highest BCUT2D eigenvalue weighted by Crippen LogP contribution is 2.26. The monoisotopic (exact) mass is 273 g/mol. The molecule has 0 atom stereocenters. The van der Waals surface area contributed by atoms with Crippen molar-refractivity contribution in [1.29, 1.82) is 0 Å². The summed E-state index contributed by atoms with van der Waals surface area (Å²) in [5.41, 5.74) is 2.11. The van der Waals surface area contributed by atoms with E-state index in [9.17, 15) is 18.0 Å². The maximum atomic E-state index is 12.1. The van der Waals surface area contributed by atoms with Gasteiger partial charge in [0.1, 0.15) is 0 Å². The van der Waals surface area contributed by atoms with Crippen molar-refractivity contribution in [3.05, 3.63) is 34.9 Å². The van der Waals surface area contributed by atoms with Gasteiger partial charge in [-0.15, -0.1) is 0 Å². The molecular formula is C13H14F3NO2. The summed E-state index contributed by atoms with van der Waals surface area (Å²) < 4.78 is 36.2. The van der Waals surface area contributed by atoms with Crippen molar-refractivity contribution in [1.82, 2.24) is 4.90 Å². The van der Waals surface area contributed by atoms with Crippen LogP contribution < -0.4 is 0 Å². The Kier molecular flexibility index (Phi) is 3.80. The molecule has 1 aliphatic rings. The quantitative estimate of drug-likeness (QED) is 0.916. The molecule has 3 nitrogen and oxygen atoms in total. The first-order valence-electron chi connectivity index (χ1n) is 5.99. The molecule has 0 radical (unpaired) electrons. The number of nitrogens with zero attached hydrogens (tertiary/aromatic N) is 1. The van der Waals surface area contributed by atoms with Gasteiger partial charge in [0.2, 0.25) is 0 Å². The third-order valence-corrected chi connectivity index (χ3v) is 3.18. The molecule has 0 aliphatic carbocycles. The number of rotatable bonds is 4. The normalized spacial score (nSPS) is 15.5. The zero-order valence-electron chi connectivity index (χ0n) is 10.2. The van der Waals surface area contributed by atoms with Gasteiger partial charge in [-0.3, -0.25) is 4.90 Å². The van der Waals surface area contributed by atoms with Gasteiger partial charge in [-0.25, -0.2) is 4.79 Å². The van der Waals surface area contributed by atoms with E-state index in [-0.39, 0.29) is 12.0 Å². The van der Waals surface area contributed by atoms with E-state index in [1.54, 1.807) is 12.1 Å². The van der Waals surface area contributed by atoms with Gasteiger partial charge < -0.3 is 5.11 Å². The van der Waals surface area contributed by atoms with E-state index in [2.05, 4.69) is 0 Å². The van der Waals surface area contributed by atoms with Crippen molar-refractivity contribution in [2.24, 2.45) is 0 Å². The number of fused-ring (bicyclic) bond motifs is 1. The van der Waals surface area contributed by atoms with Gasteiger partial charge >= 0.3 is 12.1 Å². The van der Waals surface area contributed by atoms with E-state index in [0.29, 0.717) is 19.6 Å². The number of halogens is 3. The number of hydrogen-bond donors (Lipinski definition) is 1. The molecule has 1 aromatic rings. The average Bonchev–Trinajstić information content (AvgIpc) is 2.68. The molecule has 0 bridgehead atoms. The second-order valence-electron chi connectivity index (χ2n) is 4.72. The molecule has 0 unspecified atom stereocenters. The van der Waals surface area contributed by atoms with Crippen LogP contribution in [0, 0.1) is 0 Å². The van der Waals surface area contributed by atoms with Crippen molar-refractivity contribution in [2.75, 3.05) is 6.54 Å². The van der Waals surface area contributed by atoms with Crippen LogP contribution in [0.2, 0.25) is 0 Å². The van der Waals surface area contributed by atoms with E-state index in [1.807, 2.05) is 4.90 Å². The Labute approximate surface area is 108 Å². The third kappa shape index (κ3) is 3.70. The van der Waals surface area contributed by atoms with Gasteiger partial charge in [-0.1, -0.05) is 6.07 Å². The number of benzene rings is 1. The van der Waals surface area contributed by atoms with Crippen LogP contribution in [0.4, 0.5) is 13.2 Å². The van der Waals surface area contributed by atoms with E-state index >= 15 is 0 Å². The minimum atomic E-state index is -4.11. The van der Waals surface area contributed by atoms with Gasteiger partial charge in [0.05, 0.1) is 5.56 Å². The molecule has 1 aromatic carbocycles. The highest BCUT2D eigenvalue weighted by Gasteiger charge is 2.27. The van der Waals surface area contributed by atoms with E-state index in [1.165, 1.54) is 6.07 Å². The Morgan fingerprint density at radius 2 is 1.95 bits per heavy atom. The van der Waals surface area contributed by atoms with Crippen LogP contribution in [0.25, 0.3) is 0 Å². The fourth-order valence-electron chi connectivity index (χ4n) is 2.26. The minimum absolute atomic E-state index is 0.0727. The van der Waals surface area contributed by atoms with Gasteiger partial charge in [0.25, 0.3) is 0 Å². The first-order valence-corrected chi connectivity index (χ1v) is 5.99. The van der Waals surface area contributed by atoms with Crippen LogP contribution in [0.1, 0.15) is 34.3 Å². The van der Waals surface area contributed by atoms with Crippen LogP contribution in [0.15, 0.2) is 18.2 Å². The molecule has 0 spiro atoms. The summed E-state index contributed by atoms with van der Waals surface area (Å²) in [6.45, 7) is 1.48. The molecule has 2 rings (SSSR count). The Bertz CT molecular complexity index is 485. The maximum absolute atomic E-state index is 12.1. The third-order valence-electron chi connectivity index (χ3n) is 3.18. The fourth-order valence-corrected chi connectivity index (χ4v) is 2.26. The molecule has 19 heavy (non-hydrogen) atoms. The average molecular weight is 273 g/mol. The van der Waals surface area contributed by atoms with Gasteiger partial charge in [0, 0.05) is 19.5 Å². The van der Waals surface area contributed by atoms with Crippen LogP contribution in [-0.2, 0) is 13.1 Å². The number of aromatic carboxylic acids is 1. The molecule has 0 amide bonds. The topological polar surface area (TPSA) is 40.5 Å². The Hall–Kier alpha value is -1.56. The summed E-state index contributed by atoms with van der Waals surface area (Å²) in [5, 5.41) is 8.87. The van der Waals surface area contributed by atoms with E-state index in [4.69, 9.17) is 5.11 Å². The summed E-state index contributed by atoms with van der Waals surface area (Å²) in [5.74, 6) is -0.988. The number of carboxylic acids is 1. The Morgan fingerprint density at radius 3 is 2.58 bits per heavy atom. The number of hydrogen-bond acceptors (Lipinski definition) is 2. The second-order valence-corrected chi connectivity index (χ2v) is 4.72. The zero-order valence-corrected chi connectivity index (χ0v) is 10.2. The first kappa shape index (κ1) is 13.9. The summed E-state index contributed by atoms with van der Waals surface area (Å²) in [4.78, 5) is 12.7. The molecule has 0 saturated carbocycles. The lowest BCUT2D eigenvalue weighted by molar-refractivity contribution is -0.136. The summed E-state index contributed by atoms with van der Waals surface area (Å²) in [7, 11) is 0. The van der Waals surface area contributed by atoms with Crippen molar-refractivity contribution < 1.29 is 23.1 Å². The zero-order chi connectivity index (χ0) is 14.0. The minimum Gasteiger partial charge on any atom is -0.478 e. The van der Waals surface area contributed by atoms with Crippen molar-refractivity contribution in [3.63, 3.8) is 0 Å². The summed E-state index contributed by atoms with van der Waals surface area (Å²) in [6.07, 6.45) is -4.81. The largest absolute Gasteiger partial charge is 0.478 e.